The van der Waals surface area contributed by atoms with Crippen LogP contribution in [0.15, 0.2) is 0 Å². The van der Waals surface area contributed by atoms with Crippen LogP contribution in [0.25, 0.3) is 0 Å². The van der Waals surface area contributed by atoms with Crippen LogP contribution < -0.4 is 5.32 Å². The van der Waals surface area contributed by atoms with Gasteiger partial charge < -0.3 is 10.4 Å². The molecule has 0 radical (unpaired) electrons. The smallest absolute Gasteiger partial charge is 0.325 e. The van der Waals surface area contributed by atoms with E-state index < -0.39 is 12.0 Å². The van der Waals surface area contributed by atoms with Crippen molar-refractivity contribution < 1.29 is 14.7 Å². The Bertz CT molecular complexity index is 244. The summed E-state index contributed by atoms with van der Waals surface area (Å²) in [7, 11) is 0. The predicted octanol–water partition coefficient (Wildman–Crippen LogP) is 1.16. The average Bonchev–Trinajstić information content (AvgIpc) is 2.53. The van der Waals surface area contributed by atoms with Crippen molar-refractivity contribution in [2.45, 2.75) is 45.6 Å². The molecule has 1 saturated carbocycles. The zero-order chi connectivity index (χ0) is 10.8. The lowest BCUT2D eigenvalue weighted by molar-refractivity contribution is -0.143. The Kier molecular flexibility index (Phi) is 3.13. The van der Waals surface area contributed by atoms with E-state index in [-0.39, 0.29) is 11.3 Å². The van der Waals surface area contributed by atoms with E-state index in [4.69, 9.17) is 5.11 Å². The molecule has 1 fully saturated rings. The molecular formula is C10H17NO3. The summed E-state index contributed by atoms with van der Waals surface area (Å²) in [6.07, 6.45) is 3.85. The number of amides is 1. The molecule has 4 nitrogen and oxygen atoms in total. The largest absolute Gasteiger partial charge is 0.480 e. The summed E-state index contributed by atoms with van der Waals surface area (Å²) in [6.45, 7) is 3.39. The molecule has 80 valence electrons. The molecule has 0 aromatic rings. The van der Waals surface area contributed by atoms with Gasteiger partial charge in [-0.1, -0.05) is 19.8 Å². The zero-order valence-electron chi connectivity index (χ0n) is 8.67. The average molecular weight is 199 g/mol. The fraction of sp³-hybridized carbons (Fsp3) is 0.800. The molecule has 0 saturated heterocycles. The van der Waals surface area contributed by atoms with Crippen molar-refractivity contribution in [1.29, 1.82) is 0 Å². The van der Waals surface area contributed by atoms with Gasteiger partial charge in [0.05, 0.1) is 0 Å². The molecule has 0 spiro atoms. The Morgan fingerprint density at radius 2 is 1.86 bits per heavy atom. The third-order valence-corrected chi connectivity index (χ3v) is 2.97. The third-order valence-electron chi connectivity index (χ3n) is 2.97. The van der Waals surface area contributed by atoms with Gasteiger partial charge in [0.25, 0.3) is 0 Å². The SMILES string of the molecule is C[C@H](NC(=O)C1(C)CCCC1)C(=O)O. The fourth-order valence-corrected chi connectivity index (χ4v) is 1.82. The minimum atomic E-state index is -0.986. The monoisotopic (exact) mass is 199 g/mol. The van der Waals surface area contributed by atoms with E-state index in [1.54, 1.807) is 0 Å². The van der Waals surface area contributed by atoms with E-state index in [1.165, 1.54) is 6.92 Å². The van der Waals surface area contributed by atoms with Crippen LogP contribution in [0.1, 0.15) is 39.5 Å². The van der Waals surface area contributed by atoms with Crippen LogP contribution in [0.4, 0.5) is 0 Å². The highest BCUT2D eigenvalue weighted by atomic mass is 16.4. The maximum Gasteiger partial charge on any atom is 0.325 e. The number of carbonyl (C=O) groups is 2. The van der Waals surface area contributed by atoms with Crippen LogP contribution in [0.2, 0.25) is 0 Å². The second-order valence-electron chi connectivity index (χ2n) is 4.30. The van der Waals surface area contributed by atoms with Crippen molar-refractivity contribution in [3.8, 4) is 0 Å². The van der Waals surface area contributed by atoms with Gasteiger partial charge in [-0.25, -0.2) is 0 Å². The topological polar surface area (TPSA) is 66.4 Å². The van der Waals surface area contributed by atoms with E-state index in [2.05, 4.69) is 5.32 Å². The highest BCUT2D eigenvalue weighted by Crippen LogP contribution is 2.37. The Balaban J connectivity index is 2.53. The van der Waals surface area contributed by atoms with Crippen LogP contribution in [0.5, 0.6) is 0 Å². The van der Waals surface area contributed by atoms with Gasteiger partial charge in [0, 0.05) is 5.41 Å². The summed E-state index contributed by atoms with van der Waals surface area (Å²) < 4.78 is 0. The number of hydrogen-bond donors (Lipinski definition) is 2. The highest BCUT2D eigenvalue weighted by molar-refractivity contribution is 5.87. The number of rotatable bonds is 3. The van der Waals surface area contributed by atoms with Gasteiger partial charge in [-0.3, -0.25) is 9.59 Å². The quantitative estimate of drug-likeness (QED) is 0.716. The summed E-state index contributed by atoms with van der Waals surface area (Å²) >= 11 is 0. The van der Waals surface area contributed by atoms with Gasteiger partial charge >= 0.3 is 5.97 Å². The van der Waals surface area contributed by atoms with Gasteiger partial charge in [-0.15, -0.1) is 0 Å². The summed E-state index contributed by atoms with van der Waals surface area (Å²) in [5.41, 5.74) is -0.344. The minimum Gasteiger partial charge on any atom is -0.480 e. The van der Waals surface area contributed by atoms with E-state index in [0.717, 1.165) is 25.7 Å². The van der Waals surface area contributed by atoms with Crippen LogP contribution in [-0.4, -0.2) is 23.0 Å². The zero-order valence-corrected chi connectivity index (χ0v) is 8.67. The summed E-state index contributed by atoms with van der Waals surface area (Å²) in [6, 6.07) is -0.792. The molecule has 0 unspecified atom stereocenters. The summed E-state index contributed by atoms with van der Waals surface area (Å²) in [4.78, 5) is 22.2. The van der Waals surface area contributed by atoms with Crippen molar-refractivity contribution >= 4 is 11.9 Å². The highest BCUT2D eigenvalue weighted by Gasteiger charge is 2.37. The molecule has 1 amide bonds. The first kappa shape index (κ1) is 11.0. The van der Waals surface area contributed by atoms with E-state index >= 15 is 0 Å². The van der Waals surface area contributed by atoms with Crippen molar-refractivity contribution in [3.05, 3.63) is 0 Å². The molecule has 1 aliphatic rings. The van der Waals surface area contributed by atoms with Crippen molar-refractivity contribution in [3.63, 3.8) is 0 Å². The summed E-state index contributed by atoms with van der Waals surface area (Å²) in [5.74, 6) is -1.11. The van der Waals surface area contributed by atoms with E-state index in [1.807, 2.05) is 6.92 Å². The van der Waals surface area contributed by atoms with Crippen LogP contribution in [0, 0.1) is 5.41 Å². The van der Waals surface area contributed by atoms with Crippen molar-refractivity contribution in [2.75, 3.05) is 0 Å². The molecule has 1 aliphatic carbocycles. The first-order chi connectivity index (χ1) is 6.46. The van der Waals surface area contributed by atoms with Gasteiger partial charge in [-0.2, -0.15) is 0 Å². The first-order valence-electron chi connectivity index (χ1n) is 4.99. The molecule has 4 heteroatoms. The Morgan fingerprint density at radius 3 is 2.29 bits per heavy atom. The van der Waals surface area contributed by atoms with Gasteiger partial charge in [-0.05, 0) is 19.8 Å². The van der Waals surface area contributed by atoms with Crippen molar-refractivity contribution in [1.82, 2.24) is 5.32 Å². The minimum absolute atomic E-state index is 0.120. The lowest BCUT2D eigenvalue weighted by Gasteiger charge is -2.23. The van der Waals surface area contributed by atoms with Crippen LogP contribution in [-0.2, 0) is 9.59 Å². The molecule has 0 bridgehead atoms. The lowest BCUT2D eigenvalue weighted by Crippen LogP contribution is -2.45. The molecule has 0 heterocycles. The van der Waals surface area contributed by atoms with Crippen molar-refractivity contribution in [2.24, 2.45) is 5.41 Å². The Labute approximate surface area is 83.7 Å². The van der Waals surface area contributed by atoms with Crippen LogP contribution in [0.3, 0.4) is 0 Å². The molecule has 1 atom stereocenters. The molecule has 1 rings (SSSR count). The molecule has 0 aromatic carbocycles. The number of carboxylic acids is 1. The Hall–Kier alpha value is -1.06. The number of carbonyl (C=O) groups excluding carboxylic acids is 1. The van der Waals surface area contributed by atoms with Crippen LogP contribution >= 0.6 is 0 Å². The fourth-order valence-electron chi connectivity index (χ4n) is 1.82. The second kappa shape index (κ2) is 3.98. The maximum absolute atomic E-state index is 11.7. The second-order valence-corrected chi connectivity index (χ2v) is 4.30. The lowest BCUT2D eigenvalue weighted by atomic mass is 9.87. The number of hydrogen-bond acceptors (Lipinski definition) is 2. The van der Waals surface area contributed by atoms with E-state index in [0.29, 0.717) is 0 Å². The summed E-state index contributed by atoms with van der Waals surface area (Å²) in [5, 5.41) is 11.2. The first-order valence-corrected chi connectivity index (χ1v) is 4.99. The predicted molar refractivity (Wildman–Crippen MR) is 51.8 cm³/mol. The molecule has 2 N–H and O–H groups in total. The van der Waals surface area contributed by atoms with E-state index in [9.17, 15) is 9.59 Å². The van der Waals surface area contributed by atoms with Gasteiger partial charge in [0.1, 0.15) is 6.04 Å². The third kappa shape index (κ3) is 2.25. The standard InChI is InChI=1S/C10H17NO3/c1-7(8(12)13)11-9(14)10(2)5-3-4-6-10/h7H,3-6H2,1-2H3,(H,11,14)(H,12,13)/t7-/m0/s1. The molecule has 0 aromatic heterocycles. The Morgan fingerprint density at radius 1 is 1.36 bits per heavy atom. The maximum atomic E-state index is 11.7. The number of aliphatic carboxylic acids is 1. The molecule has 14 heavy (non-hydrogen) atoms. The normalized spacial score (nSPS) is 21.6. The number of carboxylic acid groups (broad SMARTS) is 1. The molecular weight excluding hydrogens is 182 g/mol. The van der Waals surface area contributed by atoms with Gasteiger partial charge in [0.15, 0.2) is 0 Å². The van der Waals surface area contributed by atoms with Gasteiger partial charge in [0.2, 0.25) is 5.91 Å². The molecule has 0 aliphatic heterocycles. The number of nitrogens with one attached hydrogen (secondary N) is 1.